The third-order valence-electron chi connectivity index (χ3n) is 5.08. The van der Waals surface area contributed by atoms with Crippen LogP contribution in [-0.4, -0.2) is 46.6 Å². The number of thioether (sulfide) groups is 1. The summed E-state index contributed by atoms with van der Waals surface area (Å²) in [6.07, 6.45) is 4.06. The van der Waals surface area contributed by atoms with Crippen molar-refractivity contribution in [2.24, 2.45) is 0 Å². The molecule has 0 spiro atoms. The molecule has 4 rings (SSSR count). The third-order valence-corrected chi connectivity index (χ3v) is 6.90. The number of amides is 1. The fraction of sp³-hybridized carbons (Fsp3) is 0.409. The Balaban J connectivity index is 1.22. The number of carbonyl (C=O) groups excluding carboxylic acids is 1. The first-order valence-electron chi connectivity index (χ1n) is 10.3. The van der Waals surface area contributed by atoms with Gasteiger partial charge in [0, 0.05) is 43.2 Å². The van der Waals surface area contributed by atoms with E-state index in [0.29, 0.717) is 18.3 Å². The average molecular weight is 442 g/mol. The van der Waals surface area contributed by atoms with Crippen molar-refractivity contribution in [3.8, 4) is 0 Å². The summed E-state index contributed by atoms with van der Waals surface area (Å²) in [4.78, 5) is 15.8. The highest BCUT2D eigenvalue weighted by Gasteiger charge is 2.29. The largest absolute Gasteiger partial charge is 0.375 e. The number of nitrogens with zero attached hydrogens (tertiary/aromatic N) is 4. The first kappa shape index (κ1) is 20.9. The Bertz CT molecular complexity index is 938. The van der Waals surface area contributed by atoms with Crippen molar-refractivity contribution >= 4 is 34.7 Å². The summed E-state index contributed by atoms with van der Waals surface area (Å²) in [5.74, 6) is 1.43. The van der Waals surface area contributed by atoms with Gasteiger partial charge in [0.25, 0.3) is 0 Å². The molecule has 0 aliphatic heterocycles. The van der Waals surface area contributed by atoms with E-state index >= 15 is 0 Å². The van der Waals surface area contributed by atoms with Gasteiger partial charge < -0.3 is 14.8 Å². The zero-order valence-electron chi connectivity index (χ0n) is 17.2. The van der Waals surface area contributed by atoms with Crippen LogP contribution >= 0.6 is 23.1 Å². The van der Waals surface area contributed by atoms with E-state index in [1.165, 1.54) is 35.2 Å². The molecule has 30 heavy (non-hydrogen) atoms. The fourth-order valence-corrected chi connectivity index (χ4v) is 4.89. The second-order valence-electron chi connectivity index (χ2n) is 7.51. The molecule has 2 heterocycles. The minimum absolute atomic E-state index is 0.0486. The van der Waals surface area contributed by atoms with E-state index in [1.54, 1.807) is 11.3 Å². The van der Waals surface area contributed by atoms with Crippen molar-refractivity contribution in [3.05, 3.63) is 58.5 Å². The first-order chi connectivity index (χ1) is 14.7. The van der Waals surface area contributed by atoms with Gasteiger partial charge in [-0.1, -0.05) is 36.0 Å². The van der Waals surface area contributed by atoms with E-state index in [9.17, 15) is 4.79 Å². The van der Waals surface area contributed by atoms with Crippen LogP contribution in [0.3, 0.4) is 0 Å². The van der Waals surface area contributed by atoms with Crippen molar-refractivity contribution < 1.29 is 4.79 Å². The lowest BCUT2D eigenvalue weighted by atomic mass is 10.3. The zero-order chi connectivity index (χ0) is 20.8. The minimum Gasteiger partial charge on any atom is -0.375 e. The van der Waals surface area contributed by atoms with Gasteiger partial charge in [-0.05, 0) is 42.8 Å². The van der Waals surface area contributed by atoms with Gasteiger partial charge in [0.15, 0.2) is 5.16 Å². The van der Waals surface area contributed by atoms with E-state index in [2.05, 4.69) is 61.7 Å². The van der Waals surface area contributed by atoms with Crippen LogP contribution in [0.2, 0.25) is 0 Å². The number of para-hydroxylation sites is 1. The second-order valence-corrected chi connectivity index (χ2v) is 9.48. The van der Waals surface area contributed by atoms with Crippen molar-refractivity contribution in [3.63, 3.8) is 0 Å². The summed E-state index contributed by atoms with van der Waals surface area (Å²) in [7, 11) is 2.07. The number of hydrogen-bond donors (Lipinski definition) is 1. The molecule has 1 amide bonds. The van der Waals surface area contributed by atoms with Gasteiger partial charge in [0.05, 0.1) is 5.75 Å². The molecule has 0 unspecified atom stereocenters. The lowest BCUT2D eigenvalue weighted by Crippen LogP contribution is -2.29. The van der Waals surface area contributed by atoms with Gasteiger partial charge in [-0.3, -0.25) is 4.79 Å². The normalized spacial score (nSPS) is 13.4. The van der Waals surface area contributed by atoms with Crippen LogP contribution in [0.1, 0.15) is 36.0 Å². The number of hydrogen-bond acceptors (Lipinski definition) is 6. The molecule has 6 nitrogen and oxygen atoms in total. The van der Waals surface area contributed by atoms with Crippen LogP contribution in [-0.2, 0) is 11.2 Å². The maximum absolute atomic E-state index is 12.3. The minimum atomic E-state index is 0.0486. The number of aromatic nitrogens is 3. The molecule has 0 radical (unpaired) electrons. The monoisotopic (exact) mass is 441 g/mol. The Kier molecular flexibility index (Phi) is 7.07. The number of nitrogens with one attached hydrogen (secondary N) is 1. The Morgan fingerprint density at radius 1 is 1.23 bits per heavy atom. The van der Waals surface area contributed by atoms with E-state index in [0.717, 1.165) is 30.4 Å². The molecule has 1 aliphatic carbocycles. The highest BCUT2D eigenvalue weighted by molar-refractivity contribution is 7.99. The fourth-order valence-electron chi connectivity index (χ4n) is 3.33. The molecule has 8 heteroatoms. The maximum atomic E-state index is 12.3. The SMILES string of the molecule is CN(CCCNC(=O)CSc1nnc(Cc2cccs2)n1C1CC1)c1ccccc1. The van der Waals surface area contributed by atoms with Gasteiger partial charge in [0.1, 0.15) is 5.82 Å². The summed E-state index contributed by atoms with van der Waals surface area (Å²) < 4.78 is 2.24. The Hall–Kier alpha value is -2.32. The van der Waals surface area contributed by atoms with Gasteiger partial charge >= 0.3 is 0 Å². The van der Waals surface area contributed by atoms with Gasteiger partial charge in [-0.25, -0.2) is 0 Å². The molecule has 1 saturated carbocycles. The van der Waals surface area contributed by atoms with E-state index in [1.807, 2.05) is 18.2 Å². The quantitative estimate of drug-likeness (QED) is 0.360. The molecule has 1 fully saturated rings. The molecule has 1 aromatic carbocycles. The van der Waals surface area contributed by atoms with Crippen LogP contribution in [0.15, 0.2) is 53.0 Å². The Morgan fingerprint density at radius 3 is 2.80 bits per heavy atom. The topological polar surface area (TPSA) is 63.1 Å². The molecule has 158 valence electrons. The Labute approximate surface area is 185 Å². The van der Waals surface area contributed by atoms with Crippen LogP contribution in [0.5, 0.6) is 0 Å². The predicted molar refractivity (Wildman–Crippen MR) is 123 cm³/mol. The number of rotatable bonds is 11. The zero-order valence-corrected chi connectivity index (χ0v) is 18.8. The van der Waals surface area contributed by atoms with E-state index < -0.39 is 0 Å². The smallest absolute Gasteiger partial charge is 0.230 e. The molecule has 1 aliphatic rings. The highest BCUT2D eigenvalue weighted by Crippen LogP contribution is 2.39. The summed E-state index contributed by atoms with van der Waals surface area (Å²) in [6.45, 7) is 1.58. The molecular formula is C22H27N5OS2. The Morgan fingerprint density at radius 2 is 2.07 bits per heavy atom. The van der Waals surface area contributed by atoms with Gasteiger partial charge in [-0.2, -0.15) is 0 Å². The lowest BCUT2D eigenvalue weighted by molar-refractivity contribution is -0.118. The summed E-state index contributed by atoms with van der Waals surface area (Å²) in [5.41, 5.74) is 1.19. The number of anilines is 1. The number of benzene rings is 1. The molecular weight excluding hydrogens is 414 g/mol. The third kappa shape index (κ3) is 5.64. The summed E-state index contributed by atoms with van der Waals surface area (Å²) >= 11 is 3.23. The van der Waals surface area contributed by atoms with E-state index in [4.69, 9.17) is 0 Å². The van der Waals surface area contributed by atoms with Crippen molar-refractivity contribution in [2.75, 3.05) is 30.8 Å². The van der Waals surface area contributed by atoms with Crippen LogP contribution in [0.25, 0.3) is 0 Å². The first-order valence-corrected chi connectivity index (χ1v) is 12.2. The highest BCUT2D eigenvalue weighted by atomic mass is 32.2. The molecule has 1 N–H and O–H groups in total. The number of carbonyl (C=O) groups is 1. The van der Waals surface area contributed by atoms with Crippen molar-refractivity contribution in [1.82, 2.24) is 20.1 Å². The lowest BCUT2D eigenvalue weighted by Gasteiger charge is -2.19. The van der Waals surface area contributed by atoms with Crippen LogP contribution in [0, 0.1) is 0 Å². The summed E-state index contributed by atoms with van der Waals surface area (Å²) in [5, 5.41) is 14.8. The average Bonchev–Trinajstić information content (AvgIpc) is 3.32. The molecule has 2 aromatic heterocycles. The molecule has 0 atom stereocenters. The maximum Gasteiger partial charge on any atom is 0.230 e. The van der Waals surface area contributed by atoms with Crippen LogP contribution < -0.4 is 10.2 Å². The predicted octanol–water partition coefficient (Wildman–Crippen LogP) is 4.00. The second kappa shape index (κ2) is 10.1. The standard InChI is InChI=1S/C22H27N5OS2/c1-26(17-7-3-2-4-8-17)13-6-12-23-21(28)16-30-22-25-24-20(27(22)18-10-11-18)15-19-9-5-14-29-19/h2-5,7-9,14,18H,6,10-13,15-16H2,1H3,(H,23,28). The van der Waals surface area contributed by atoms with Crippen molar-refractivity contribution in [1.29, 1.82) is 0 Å². The van der Waals surface area contributed by atoms with Gasteiger partial charge in [0.2, 0.25) is 5.91 Å². The molecule has 0 bridgehead atoms. The van der Waals surface area contributed by atoms with E-state index in [-0.39, 0.29) is 5.91 Å². The van der Waals surface area contributed by atoms with Crippen molar-refractivity contribution in [2.45, 2.75) is 36.9 Å². The summed E-state index contributed by atoms with van der Waals surface area (Å²) in [6, 6.07) is 15.0. The van der Waals surface area contributed by atoms with Crippen LogP contribution in [0.4, 0.5) is 5.69 Å². The number of thiophene rings is 1. The molecule has 0 saturated heterocycles. The van der Waals surface area contributed by atoms with Gasteiger partial charge in [-0.15, -0.1) is 21.5 Å². The molecule has 3 aromatic rings.